The molecule has 0 atom stereocenters. The Balaban J connectivity index is 1.47. The Labute approximate surface area is 135 Å². The van der Waals surface area contributed by atoms with Gasteiger partial charge in [-0.1, -0.05) is 18.2 Å². The molecular formula is C18H20FN3O. The first-order valence-electron chi connectivity index (χ1n) is 7.89. The molecule has 0 amide bonds. The third-order valence-electron chi connectivity index (χ3n) is 4.15. The molecule has 1 aromatic heterocycles. The summed E-state index contributed by atoms with van der Waals surface area (Å²) in [7, 11) is 0. The molecule has 0 spiro atoms. The highest BCUT2D eigenvalue weighted by atomic mass is 19.1. The molecule has 2 heterocycles. The zero-order valence-electron chi connectivity index (χ0n) is 13.0. The molecule has 2 aromatic rings. The fourth-order valence-electron chi connectivity index (χ4n) is 2.81. The topological polar surface area (TPSA) is 36.4 Å². The molecule has 3 rings (SSSR count). The van der Waals surface area contributed by atoms with E-state index < -0.39 is 0 Å². The zero-order valence-corrected chi connectivity index (χ0v) is 13.0. The number of hydrogen-bond donors (Lipinski definition) is 0. The highest BCUT2D eigenvalue weighted by molar-refractivity contribution is 5.96. The van der Waals surface area contributed by atoms with Gasteiger partial charge in [-0.3, -0.25) is 9.69 Å². The van der Waals surface area contributed by atoms with Gasteiger partial charge in [-0.05, 0) is 24.3 Å². The Kier molecular flexibility index (Phi) is 4.98. The predicted octanol–water partition coefficient (Wildman–Crippen LogP) is 2.62. The highest BCUT2D eigenvalue weighted by Gasteiger charge is 2.18. The first-order chi connectivity index (χ1) is 11.2. The van der Waals surface area contributed by atoms with E-state index in [2.05, 4.69) is 14.8 Å². The first-order valence-corrected chi connectivity index (χ1v) is 7.89. The molecule has 0 saturated carbocycles. The van der Waals surface area contributed by atoms with Crippen LogP contribution in [0, 0.1) is 5.82 Å². The van der Waals surface area contributed by atoms with E-state index in [0.717, 1.165) is 32.0 Å². The number of nitrogens with zero attached hydrogens (tertiary/aromatic N) is 3. The highest BCUT2D eigenvalue weighted by Crippen LogP contribution is 2.13. The van der Waals surface area contributed by atoms with Crippen LogP contribution < -0.4 is 4.90 Å². The second-order valence-electron chi connectivity index (χ2n) is 5.70. The number of pyridine rings is 1. The number of ketones is 1. The van der Waals surface area contributed by atoms with Crippen molar-refractivity contribution in [3.8, 4) is 0 Å². The molecule has 1 aromatic carbocycles. The van der Waals surface area contributed by atoms with E-state index in [9.17, 15) is 9.18 Å². The number of Topliss-reactive ketones (excluding diaryl/α,β-unsaturated/α-hetero) is 1. The quantitative estimate of drug-likeness (QED) is 0.795. The van der Waals surface area contributed by atoms with Gasteiger partial charge in [0, 0.05) is 50.9 Å². The van der Waals surface area contributed by atoms with Gasteiger partial charge in [-0.15, -0.1) is 0 Å². The standard InChI is InChI=1S/C18H20FN3O/c19-16-5-3-4-15(14-16)17(23)7-9-21-10-12-22(13-11-21)18-6-1-2-8-20-18/h1-6,8,14H,7,9-13H2. The molecule has 0 aliphatic carbocycles. The largest absolute Gasteiger partial charge is 0.354 e. The van der Waals surface area contributed by atoms with Gasteiger partial charge in [-0.25, -0.2) is 9.37 Å². The van der Waals surface area contributed by atoms with Crippen molar-refractivity contribution in [3.05, 3.63) is 60.0 Å². The number of hydrogen-bond acceptors (Lipinski definition) is 4. The summed E-state index contributed by atoms with van der Waals surface area (Å²) in [5, 5.41) is 0. The average molecular weight is 313 g/mol. The molecule has 23 heavy (non-hydrogen) atoms. The molecule has 0 bridgehead atoms. The molecular weight excluding hydrogens is 293 g/mol. The van der Waals surface area contributed by atoms with Gasteiger partial charge in [0.05, 0.1) is 0 Å². The summed E-state index contributed by atoms with van der Waals surface area (Å²) in [4.78, 5) is 21.0. The van der Waals surface area contributed by atoms with Crippen molar-refractivity contribution in [1.82, 2.24) is 9.88 Å². The van der Waals surface area contributed by atoms with Gasteiger partial charge in [0.1, 0.15) is 11.6 Å². The van der Waals surface area contributed by atoms with Crippen molar-refractivity contribution in [2.45, 2.75) is 6.42 Å². The van der Waals surface area contributed by atoms with Crippen LogP contribution in [0.15, 0.2) is 48.7 Å². The molecule has 4 nitrogen and oxygen atoms in total. The number of anilines is 1. The van der Waals surface area contributed by atoms with Crippen molar-refractivity contribution in [1.29, 1.82) is 0 Å². The predicted molar refractivity (Wildman–Crippen MR) is 88.2 cm³/mol. The minimum absolute atomic E-state index is 0.00310. The molecule has 5 heteroatoms. The lowest BCUT2D eigenvalue weighted by atomic mass is 10.1. The van der Waals surface area contributed by atoms with Crippen LogP contribution in [-0.2, 0) is 0 Å². The van der Waals surface area contributed by atoms with Crippen molar-refractivity contribution < 1.29 is 9.18 Å². The summed E-state index contributed by atoms with van der Waals surface area (Å²) in [6.07, 6.45) is 2.23. The van der Waals surface area contributed by atoms with Crippen LogP contribution in [0.1, 0.15) is 16.8 Å². The summed E-state index contributed by atoms with van der Waals surface area (Å²) in [5.41, 5.74) is 0.456. The van der Waals surface area contributed by atoms with E-state index in [1.807, 2.05) is 18.2 Å². The second-order valence-corrected chi connectivity index (χ2v) is 5.70. The van der Waals surface area contributed by atoms with E-state index in [-0.39, 0.29) is 11.6 Å². The third-order valence-corrected chi connectivity index (χ3v) is 4.15. The van der Waals surface area contributed by atoms with Gasteiger partial charge < -0.3 is 4.90 Å². The molecule has 0 unspecified atom stereocenters. The van der Waals surface area contributed by atoms with Gasteiger partial charge in [0.15, 0.2) is 5.78 Å². The summed E-state index contributed by atoms with van der Waals surface area (Å²) in [6, 6.07) is 11.8. The van der Waals surface area contributed by atoms with Crippen LogP contribution in [0.5, 0.6) is 0 Å². The summed E-state index contributed by atoms with van der Waals surface area (Å²) in [5.74, 6) is 0.638. The van der Waals surface area contributed by atoms with Gasteiger partial charge in [0.25, 0.3) is 0 Å². The maximum atomic E-state index is 13.2. The Hall–Kier alpha value is -2.27. The van der Waals surface area contributed by atoms with Crippen molar-refractivity contribution in [3.63, 3.8) is 0 Å². The zero-order chi connectivity index (χ0) is 16.1. The summed E-state index contributed by atoms with van der Waals surface area (Å²) < 4.78 is 13.2. The van der Waals surface area contributed by atoms with Crippen molar-refractivity contribution in [2.24, 2.45) is 0 Å². The number of rotatable bonds is 5. The van der Waals surface area contributed by atoms with E-state index in [1.165, 1.54) is 12.1 Å². The maximum Gasteiger partial charge on any atom is 0.164 e. The maximum absolute atomic E-state index is 13.2. The van der Waals surface area contributed by atoms with Gasteiger partial charge >= 0.3 is 0 Å². The molecule has 1 aliphatic heterocycles. The van der Waals surface area contributed by atoms with Crippen molar-refractivity contribution >= 4 is 11.6 Å². The normalized spacial score (nSPS) is 15.6. The number of benzene rings is 1. The van der Waals surface area contributed by atoms with Crippen LogP contribution in [0.25, 0.3) is 0 Å². The SMILES string of the molecule is O=C(CCN1CCN(c2ccccn2)CC1)c1cccc(F)c1. The lowest BCUT2D eigenvalue weighted by Gasteiger charge is -2.35. The fourth-order valence-corrected chi connectivity index (χ4v) is 2.81. The Bertz CT molecular complexity index is 654. The average Bonchev–Trinajstić information content (AvgIpc) is 2.61. The Morgan fingerprint density at radius 1 is 1.09 bits per heavy atom. The summed E-state index contributed by atoms with van der Waals surface area (Å²) in [6.45, 7) is 4.35. The fraction of sp³-hybridized carbons (Fsp3) is 0.333. The van der Waals surface area contributed by atoms with Crippen LogP contribution >= 0.6 is 0 Å². The van der Waals surface area contributed by atoms with Gasteiger partial charge in [0.2, 0.25) is 0 Å². The van der Waals surface area contributed by atoms with E-state index in [0.29, 0.717) is 18.5 Å². The molecule has 1 fully saturated rings. The van der Waals surface area contributed by atoms with Crippen LogP contribution in [0.3, 0.4) is 0 Å². The third kappa shape index (κ3) is 4.13. The number of carbonyl (C=O) groups is 1. The molecule has 0 radical (unpaired) electrons. The van der Waals surface area contributed by atoms with Gasteiger partial charge in [-0.2, -0.15) is 0 Å². The number of aromatic nitrogens is 1. The first kappa shape index (κ1) is 15.6. The molecule has 0 N–H and O–H groups in total. The monoisotopic (exact) mass is 313 g/mol. The molecule has 1 saturated heterocycles. The van der Waals surface area contributed by atoms with Crippen LogP contribution in [0.4, 0.5) is 10.2 Å². The molecule has 1 aliphatic rings. The Morgan fingerprint density at radius 3 is 2.61 bits per heavy atom. The number of piperazine rings is 1. The van der Waals surface area contributed by atoms with Crippen molar-refractivity contribution in [2.75, 3.05) is 37.6 Å². The number of carbonyl (C=O) groups excluding carboxylic acids is 1. The minimum atomic E-state index is -0.361. The molecule has 120 valence electrons. The smallest absolute Gasteiger partial charge is 0.164 e. The van der Waals surface area contributed by atoms with E-state index in [1.54, 1.807) is 18.3 Å². The van der Waals surface area contributed by atoms with Crippen LogP contribution in [-0.4, -0.2) is 48.4 Å². The lowest BCUT2D eigenvalue weighted by molar-refractivity contribution is 0.0962. The minimum Gasteiger partial charge on any atom is -0.354 e. The van der Waals surface area contributed by atoms with E-state index >= 15 is 0 Å². The van der Waals surface area contributed by atoms with Crippen LogP contribution in [0.2, 0.25) is 0 Å². The van der Waals surface area contributed by atoms with E-state index in [4.69, 9.17) is 0 Å². The number of halogens is 1. The Morgan fingerprint density at radius 2 is 1.91 bits per heavy atom. The summed E-state index contributed by atoms with van der Waals surface area (Å²) >= 11 is 0. The lowest BCUT2D eigenvalue weighted by Crippen LogP contribution is -2.47. The second kappa shape index (κ2) is 7.33.